The number of alkyl halides is 1. The average Bonchev–Trinajstić information content (AvgIpc) is 2.66. The molecular formula is C14H19Br. The molecule has 0 amide bonds. The molecule has 1 aromatic rings. The van der Waals surface area contributed by atoms with Crippen molar-refractivity contribution >= 4 is 15.9 Å². The second-order valence-corrected chi connectivity index (χ2v) is 5.76. The number of halogens is 1. The summed E-state index contributed by atoms with van der Waals surface area (Å²) in [4.78, 5) is 0.799. The quantitative estimate of drug-likeness (QED) is 0.701. The number of aryl methyl sites for hydroxylation is 1. The van der Waals surface area contributed by atoms with Gasteiger partial charge in [-0.15, -0.1) is 0 Å². The van der Waals surface area contributed by atoms with Gasteiger partial charge in [-0.2, -0.15) is 0 Å². The Balaban J connectivity index is 1.71. The first-order valence-electron chi connectivity index (χ1n) is 6.04. The maximum absolute atomic E-state index is 3.79. The standard InChI is InChI=1S/C14H19Br/c15-14-11-5-10-13(14)9-4-8-12-6-2-1-3-7-12/h1-3,6-7,13-14H,4-5,8-11H2. The molecule has 1 aromatic carbocycles. The maximum atomic E-state index is 3.79. The molecule has 0 heterocycles. The van der Waals surface area contributed by atoms with Crippen molar-refractivity contribution in [2.45, 2.75) is 43.4 Å². The second-order valence-electron chi connectivity index (χ2n) is 4.58. The van der Waals surface area contributed by atoms with Crippen molar-refractivity contribution < 1.29 is 0 Å². The molecule has 0 nitrogen and oxygen atoms in total. The number of rotatable bonds is 4. The molecule has 15 heavy (non-hydrogen) atoms. The Hall–Kier alpha value is -0.300. The summed E-state index contributed by atoms with van der Waals surface area (Å²) in [6.45, 7) is 0. The first-order chi connectivity index (χ1) is 7.36. The lowest BCUT2D eigenvalue weighted by Crippen LogP contribution is -2.06. The van der Waals surface area contributed by atoms with Crippen LogP contribution in [-0.4, -0.2) is 4.83 Å². The minimum atomic E-state index is 0.799. The van der Waals surface area contributed by atoms with E-state index in [2.05, 4.69) is 46.3 Å². The van der Waals surface area contributed by atoms with E-state index in [1.165, 1.54) is 44.1 Å². The Bertz CT molecular complexity index is 281. The summed E-state index contributed by atoms with van der Waals surface area (Å²) in [7, 11) is 0. The number of hydrogen-bond donors (Lipinski definition) is 0. The van der Waals surface area contributed by atoms with Gasteiger partial charge in [-0.1, -0.05) is 52.7 Å². The number of benzene rings is 1. The second kappa shape index (κ2) is 5.69. The summed E-state index contributed by atoms with van der Waals surface area (Å²) in [5, 5.41) is 0. The zero-order chi connectivity index (χ0) is 10.5. The number of hydrogen-bond acceptors (Lipinski definition) is 0. The minimum absolute atomic E-state index is 0.799. The van der Waals surface area contributed by atoms with Crippen LogP contribution in [0.1, 0.15) is 37.7 Å². The summed E-state index contributed by atoms with van der Waals surface area (Å²) in [5.74, 6) is 0.939. The molecule has 82 valence electrons. The molecule has 2 rings (SSSR count). The lowest BCUT2D eigenvalue weighted by molar-refractivity contribution is 0.496. The third-order valence-electron chi connectivity index (χ3n) is 3.45. The fourth-order valence-electron chi connectivity index (χ4n) is 2.53. The van der Waals surface area contributed by atoms with E-state index < -0.39 is 0 Å². The molecule has 1 fully saturated rings. The van der Waals surface area contributed by atoms with E-state index in [9.17, 15) is 0 Å². The molecule has 1 saturated carbocycles. The zero-order valence-corrected chi connectivity index (χ0v) is 10.7. The largest absolute Gasteiger partial charge is 0.0888 e. The van der Waals surface area contributed by atoms with Gasteiger partial charge >= 0.3 is 0 Å². The van der Waals surface area contributed by atoms with Gasteiger partial charge in [0.1, 0.15) is 0 Å². The molecule has 0 spiro atoms. The molecule has 2 atom stereocenters. The molecule has 0 radical (unpaired) electrons. The van der Waals surface area contributed by atoms with Crippen LogP contribution in [0, 0.1) is 5.92 Å². The molecule has 0 aliphatic heterocycles. The third-order valence-corrected chi connectivity index (χ3v) is 4.65. The molecule has 1 aliphatic rings. The van der Waals surface area contributed by atoms with E-state index in [0.717, 1.165) is 10.7 Å². The predicted octanol–water partition coefficient (Wildman–Crippen LogP) is 4.57. The molecule has 2 unspecified atom stereocenters. The van der Waals surface area contributed by atoms with E-state index in [0.29, 0.717) is 0 Å². The monoisotopic (exact) mass is 266 g/mol. The van der Waals surface area contributed by atoms with Crippen LogP contribution >= 0.6 is 15.9 Å². The van der Waals surface area contributed by atoms with Crippen molar-refractivity contribution in [2.24, 2.45) is 5.92 Å². The summed E-state index contributed by atoms with van der Waals surface area (Å²) in [6.07, 6.45) is 8.23. The normalized spacial score (nSPS) is 25.7. The van der Waals surface area contributed by atoms with Crippen LogP contribution in [0.2, 0.25) is 0 Å². The molecule has 0 N–H and O–H groups in total. The van der Waals surface area contributed by atoms with Crippen LogP contribution in [-0.2, 0) is 6.42 Å². The fraction of sp³-hybridized carbons (Fsp3) is 0.571. The average molecular weight is 267 g/mol. The molecule has 1 aliphatic carbocycles. The Kier molecular flexibility index (Phi) is 4.25. The minimum Gasteiger partial charge on any atom is -0.0888 e. The van der Waals surface area contributed by atoms with E-state index in [4.69, 9.17) is 0 Å². The highest BCUT2D eigenvalue weighted by atomic mass is 79.9. The smallest absolute Gasteiger partial charge is 0.0174 e. The van der Waals surface area contributed by atoms with Crippen molar-refractivity contribution in [2.75, 3.05) is 0 Å². The highest BCUT2D eigenvalue weighted by molar-refractivity contribution is 9.09. The summed E-state index contributed by atoms with van der Waals surface area (Å²) in [5.41, 5.74) is 1.49. The summed E-state index contributed by atoms with van der Waals surface area (Å²) in [6, 6.07) is 10.8. The van der Waals surface area contributed by atoms with Gasteiger partial charge in [0.15, 0.2) is 0 Å². The first-order valence-corrected chi connectivity index (χ1v) is 6.96. The lowest BCUT2D eigenvalue weighted by Gasteiger charge is -2.13. The molecule has 1 heteroatoms. The van der Waals surface area contributed by atoms with Gasteiger partial charge in [0.05, 0.1) is 0 Å². The molecule has 0 bridgehead atoms. The molecule has 0 aromatic heterocycles. The lowest BCUT2D eigenvalue weighted by atomic mass is 9.98. The van der Waals surface area contributed by atoms with Gasteiger partial charge in [0.2, 0.25) is 0 Å². The van der Waals surface area contributed by atoms with Crippen molar-refractivity contribution in [3.63, 3.8) is 0 Å². The Morgan fingerprint density at radius 1 is 1.13 bits per heavy atom. The Morgan fingerprint density at radius 3 is 2.60 bits per heavy atom. The van der Waals surface area contributed by atoms with Crippen molar-refractivity contribution in [1.82, 2.24) is 0 Å². The summed E-state index contributed by atoms with van der Waals surface area (Å²) >= 11 is 3.79. The van der Waals surface area contributed by atoms with Gasteiger partial charge in [-0.25, -0.2) is 0 Å². The SMILES string of the molecule is BrC1CCCC1CCCc1ccccc1. The highest BCUT2D eigenvalue weighted by Crippen LogP contribution is 2.34. The van der Waals surface area contributed by atoms with Crippen LogP contribution in [0.3, 0.4) is 0 Å². The Morgan fingerprint density at radius 2 is 1.93 bits per heavy atom. The third kappa shape index (κ3) is 3.34. The van der Waals surface area contributed by atoms with Gasteiger partial charge in [0.25, 0.3) is 0 Å². The summed E-state index contributed by atoms with van der Waals surface area (Å²) < 4.78 is 0. The van der Waals surface area contributed by atoms with Crippen LogP contribution in [0.5, 0.6) is 0 Å². The van der Waals surface area contributed by atoms with Crippen molar-refractivity contribution in [1.29, 1.82) is 0 Å². The maximum Gasteiger partial charge on any atom is 0.0174 e. The van der Waals surface area contributed by atoms with E-state index in [-0.39, 0.29) is 0 Å². The van der Waals surface area contributed by atoms with Crippen molar-refractivity contribution in [3.05, 3.63) is 35.9 Å². The fourth-order valence-corrected chi connectivity index (χ4v) is 3.38. The van der Waals surface area contributed by atoms with E-state index in [1.54, 1.807) is 0 Å². The Labute approximate surface area is 101 Å². The van der Waals surface area contributed by atoms with Gasteiger partial charge < -0.3 is 0 Å². The highest BCUT2D eigenvalue weighted by Gasteiger charge is 2.23. The van der Waals surface area contributed by atoms with Crippen molar-refractivity contribution in [3.8, 4) is 0 Å². The van der Waals surface area contributed by atoms with Gasteiger partial charge in [-0.05, 0) is 43.6 Å². The van der Waals surface area contributed by atoms with Crippen LogP contribution in [0.4, 0.5) is 0 Å². The van der Waals surface area contributed by atoms with E-state index in [1.807, 2.05) is 0 Å². The van der Waals surface area contributed by atoms with E-state index >= 15 is 0 Å². The predicted molar refractivity (Wildman–Crippen MR) is 69.4 cm³/mol. The first kappa shape index (κ1) is 11.2. The van der Waals surface area contributed by atoms with Gasteiger partial charge in [-0.3, -0.25) is 0 Å². The molecule has 0 saturated heterocycles. The zero-order valence-electron chi connectivity index (χ0n) is 9.16. The molecular weight excluding hydrogens is 248 g/mol. The van der Waals surface area contributed by atoms with Crippen LogP contribution in [0.25, 0.3) is 0 Å². The van der Waals surface area contributed by atoms with Crippen LogP contribution in [0.15, 0.2) is 30.3 Å². The van der Waals surface area contributed by atoms with Gasteiger partial charge in [0, 0.05) is 4.83 Å². The van der Waals surface area contributed by atoms with Crippen LogP contribution < -0.4 is 0 Å². The topological polar surface area (TPSA) is 0 Å².